The van der Waals surface area contributed by atoms with E-state index in [1.807, 2.05) is 48.5 Å². The van der Waals surface area contributed by atoms with Gasteiger partial charge in [0.2, 0.25) is 15.9 Å². The molecule has 1 atom stereocenters. The van der Waals surface area contributed by atoms with Crippen molar-refractivity contribution in [2.45, 2.75) is 18.9 Å². The van der Waals surface area contributed by atoms with Crippen LogP contribution < -0.4 is 10.1 Å². The molecule has 31 heavy (non-hydrogen) atoms. The van der Waals surface area contributed by atoms with E-state index in [2.05, 4.69) is 5.32 Å². The summed E-state index contributed by atoms with van der Waals surface area (Å²) < 4.78 is 31.9. The maximum atomic E-state index is 12.5. The molecular weight excluding hydrogens is 416 g/mol. The van der Waals surface area contributed by atoms with Gasteiger partial charge in [0.25, 0.3) is 0 Å². The highest BCUT2D eigenvalue weighted by atomic mass is 32.2. The molecule has 1 fully saturated rings. The minimum absolute atomic E-state index is 0.0781. The zero-order valence-corrected chi connectivity index (χ0v) is 18.1. The molecule has 166 valence electrons. The first-order valence-electron chi connectivity index (χ1n) is 10.3. The largest absolute Gasteiger partial charge is 0.491 e. The third-order valence-corrected chi connectivity index (χ3v) is 6.68. The monoisotopic (exact) mass is 444 g/mol. The van der Waals surface area contributed by atoms with Crippen LogP contribution in [-0.4, -0.2) is 56.1 Å². The van der Waals surface area contributed by atoms with Crippen LogP contribution in [0.4, 0.5) is 0 Å². The first-order valence-corrected chi connectivity index (χ1v) is 11.8. The summed E-state index contributed by atoms with van der Waals surface area (Å²) in [5.41, 5.74) is 0.815. The number of carbonyl (C=O) groups is 1. The number of sulfonamides is 1. The Hall–Kier alpha value is -2.68. The second kappa shape index (κ2) is 11.1. The number of nitrogens with one attached hydrogen (secondary N) is 1. The molecule has 0 saturated carbocycles. The molecule has 7 nitrogen and oxygen atoms in total. The summed E-state index contributed by atoms with van der Waals surface area (Å²) in [5, 5.41) is 14.0. The molecular formula is C23H28N2O5S. The summed E-state index contributed by atoms with van der Waals surface area (Å²) in [6.45, 7) is 0.747. The smallest absolute Gasteiger partial charge is 0.236 e. The summed E-state index contributed by atoms with van der Waals surface area (Å²) >= 11 is 0. The van der Waals surface area contributed by atoms with Crippen molar-refractivity contribution in [2.24, 2.45) is 5.92 Å². The zero-order valence-electron chi connectivity index (χ0n) is 17.3. The van der Waals surface area contributed by atoms with E-state index in [0.717, 1.165) is 5.56 Å². The Balaban J connectivity index is 1.40. The van der Waals surface area contributed by atoms with E-state index in [-0.39, 0.29) is 25.0 Å². The predicted molar refractivity (Wildman–Crippen MR) is 120 cm³/mol. The fourth-order valence-corrected chi connectivity index (χ4v) is 4.54. The van der Waals surface area contributed by atoms with E-state index >= 15 is 0 Å². The lowest BCUT2D eigenvalue weighted by Gasteiger charge is -2.29. The maximum Gasteiger partial charge on any atom is 0.236 e. The van der Waals surface area contributed by atoms with Crippen LogP contribution in [0.3, 0.4) is 0 Å². The maximum absolute atomic E-state index is 12.5. The van der Waals surface area contributed by atoms with Crippen molar-refractivity contribution in [3.05, 3.63) is 71.6 Å². The van der Waals surface area contributed by atoms with Crippen molar-refractivity contribution >= 4 is 22.0 Å². The number of carbonyl (C=O) groups excluding carboxylic acids is 1. The molecule has 0 unspecified atom stereocenters. The van der Waals surface area contributed by atoms with Crippen molar-refractivity contribution < 1.29 is 23.1 Å². The Morgan fingerprint density at radius 1 is 1.10 bits per heavy atom. The van der Waals surface area contributed by atoms with Gasteiger partial charge in [0.05, 0.1) is 0 Å². The third kappa shape index (κ3) is 7.20. The Morgan fingerprint density at radius 2 is 1.71 bits per heavy atom. The first-order chi connectivity index (χ1) is 14.9. The number of hydrogen-bond acceptors (Lipinski definition) is 5. The van der Waals surface area contributed by atoms with Crippen molar-refractivity contribution in [1.82, 2.24) is 9.62 Å². The Morgan fingerprint density at radius 3 is 2.35 bits per heavy atom. The molecule has 1 saturated heterocycles. The SMILES string of the molecule is O=C(NC[C@H](O)COc1ccccc1)C1CCN(S(=O)(=O)/C=C/c2ccccc2)CC1. The molecule has 1 aliphatic rings. The number of para-hydroxylation sites is 1. The summed E-state index contributed by atoms with van der Waals surface area (Å²) in [6, 6.07) is 18.4. The minimum Gasteiger partial charge on any atom is -0.491 e. The van der Waals surface area contributed by atoms with Gasteiger partial charge in [0.15, 0.2) is 0 Å². The molecule has 0 bridgehead atoms. The average Bonchev–Trinajstić information content (AvgIpc) is 2.81. The molecule has 1 amide bonds. The van der Waals surface area contributed by atoms with Crippen molar-refractivity contribution in [1.29, 1.82) is 0 Å². The molecule has 1 aliphatic heterocycles. The standard InChI is InChI=1S/C23H28N2O5S/c26-21(18-30-22-9-5-2-6-10-22)17-24-23(27)20-11-14-25(15-12-20)31(28,29)16-13-19-7-3-1-4-8-19/h1-10,13,16,20-21,26H,11-12,14-15,17-18H2,(H,24,27)/b16-13+/t21-/m0/s1. The fourth-order valence-electron chi connectivity index (χ4n) is 3.32. The number of amides is 1. The highest BCUT2D eigenvalue weighted by molar-refractivity contribution is 7.92. The van der Waals surface area contributed by atoms with Crippen LogP contribution >= 0.6 is 0 Å². The van der Waals surface area contributed by atoms with Gasteiger partial charge in [0, 0.05) is 31.0 Å². The van der Waals surface area contributed by atoms with E-state index in [0.29, 0.717) is 31.7 Å². The molecule has 2 N–H and O–H groups in total. The molecule has 8 heteroatoms. The summed E-state index contributed by atoms with van der Waals surface area (Å²) in [5.74, 6) is 0.213. The van der Waals surface area contributed by atoms with Gasteiger partial charge >= 0.3 is 0 Å². The topological polar surface area (TPSA) is 95.9 Å². The number of aliphatic hydroxyl groups excluding tert-OH is 1. The van der Waals surface area contributed by atoms with Crippen LogP contribution in [0.25, 0.3) is 6.08 Å². The van der Waals surface area contributed by atoms with Crippen molar-refractivity contribution in [2.75, 3.05) is 26.2 Å². The average molecular weight is 445 g/mol. The van der Waals surface area contributed by atoms with E-state index < -0.39 is 16.1 Å². The number of benzene rings is 2. The lowest BCUT2D eigenvalue weighted by molar-refractivity contribution is -0.126. The molecule has 2 aromatic rings. The second-order valence-electron chi connectivity index (χ2n) is 7.45. The highest BCUT2D eigenvalue weighted by Gasteiger charge is 2.30. The predicted octanol–water partition coefficient (Wildman–Crippen LogP) is 2.26. The molecule has 0 aliphatic carbocycles. The molecule has 1 heterocycles. The molecule has 3 rings (SSSR count). The van der Waals surface area contributed by atoms with E-state index in [4.69, 9.17) is 4.74 Å². The second-order valence-corrected chi connectivity index (χ2v) is 9.27. The Bertz CT molecular complexity index is 956. The number of hydrogen-bond donors (Lipinski definition) is 2. The van der Waals surface area contributed by atoms with E-state index in [1.54, 1.807) is 18.2 Å². The van der Waals surface area contributed by atoms with Gasteiger partial charge < -0.3 is 15.2 Å². The van der Waals surface area contributed by atoms with Crippen molar-refractivity contribution in [3.63, 3.8) is 0 Å². The van der Waals surface area contributed by atoms with Gasteiger partial charge in [-0.3, -0.25) is 4.79 Å². The normalized spacial score (nSPS) is 16.8. The quantitative estimate of drug-likeness (QED) is 0.619. The fraction of sp³-hybridized carbons (Fsp3) is 0.348. The van der Waals surface area contributed by atoms with Crippen LogP contribution in [0.2, 0.25) is 0 Å². The van der Waals surface area contributed by atoms with Crippen LogP contribution in [0.5, 0.6) is 5.75 Å². The van der Waals surface area contributed by atoms with Crippen LogP contribution in [0.15, 0.2) is 66.1 Å². The van der Waals surface area contributed by atoms with Crippen molar-refractivity contribution in [3.8, 4) is 5.75 Å². The van der Waals surface area contributed by atoms with Crippen LogP contribution in [-0.2, 0) is 14.8 Å². The van der Waals surface area contributed by atoms with Gasteiger partial charge in [-0.25, -0.2) is 8.42 Å². The van der Waals surface area contributed by atoms with E-state index in [1.165, 1.54) is 9.71 Å². The lowest BCUT2D eigenvalue weighted by Crippen LogP contribution is -2.44. The summed E-state index contributed by atoms with van der Waals surface area (Å²) in [6.07, 6.45) is 1.64. The number of ether oxygens (including phenoxy) is 1. The highest BCUT2D eigenvalue weighted by Crippen LogP contribution is 2.21. The van der Waals surface area contributed by atoms with Gasteiger partial charge in [-0.15, -0.1) is 0 Å². The molecule has 0 spiro atoms. The zero-order chi connectivity index (χ0) is 22.1. The van der Waals surface area contributed by atoms with Crippen LogP contribution in [0.1, 0.15) is 18.4 Å². The van der Waals surface area contributed by atoms with Gasteiger partial charge in [-0.1, -0.05) is 48.5 Å². The lowest BCUT2D eigenvalue weighted by atomic mass is 9.97. The Kier molecular flexibility index (Phi) is 8.22. The molecule has 0 radical (unpaired) electrons. The summed E-state index contributed by atoms with van der Waals surface area (Å²) in [7, 11) is -3.53. The molecule has 0 aromatic heterocycles. The van der Waals surface area contributed by atoms with Crippen LogP contribution in [0, 0.1) is 5.92 Å². The Labute approximate surface area is 183 Å². The number of rotatable bonds is 9. The molecule has 2 aromatic carbocycles. The van der Waals surface area contributed by atoms with Gasteiger partial charge in [0.1, 0.15) is 18.5 Å². The third-order valence-electron chi connectivity index (χ3n) is 5.11. The first kappa shape index (κ1) is 23.0. The number of aliphatic hydroxyl groups is 1. The number of piperidine rings is 1. The summed E-state index contributed by atoms with van der Waals surface area (Å²) in [4.78, 5) is 12.4. The van der Waals surface area contributed by atoms with Gasteiger partial charge in [-0.2, -0.15) is 4.31 Å². The van der Waals surface area contributed by atoms with Gasteiger partial charge in [-0.05, 0) is 36.6 Å². The van der Waals surface area contributed by atoms with E-state index in [9.17, 15) is 18.3 Å². The number of nitrogens with zero attached hydrogens (tertiary/aromatic N) is 1. The minimum atomic E-state index is -3.53.